The van der Waals surface area contributed by atoms with Crippen LogP contribution in [0.25, 0.3) is 0 Å². The number of hydrogen-bond acceptors (Lipinski definition) is 10. The third-order valence-electron chi connectivity index (χ3n) is 7.34. The van der Waals surface area contributed by atoms with Crippen LogP contribution in [0.1, 0.15) is 27.0 Å². The van der Waals surface area contributed by atoms with Gasteiger partial charge in [0.15, 0.2) is 17.6 Å². The largest absolute Gasteiger partial charge is 0.509 e. The summed E-state index contributed by atoms with van der Waals surface area (Å²) in [5, 5.41) is 26.6. The molecule has 3 N–H and O–H groups in total. The molecule has 5 rings (SSSR count). The number of ether oxygens (including phenoxy) is 2. The SMILES string of the molecule is C=CS(=O)(=O)Nc1cc(F)c2c(c1OCc1ccccc1)C(=O)/C1=C(\O)[C@H](O)C(=O)C(=C)/C(OCc3ccccc3)=N\OC[C@@H]1C2. The highest BCUT2D eigenvalue weighted by Gasteiger charge is 2.42. The minimum atomic E-state index is -4.19. The van der Waals surface area contributed by atoms with Gasteiger partial charge < -0.3 is 24.5 Å². The highest BCUT2D eigenvalue weighted by molar-refractivity contribution is 7.95. The zero-order valence-electron chi connectivity index (χ0n) is 24.3. The lowest BCUT2D eigenvalue weighted by molar-refractivity contribution is -0.122. The Morgan fingerprint density at radius 2 is 1.65 bits per heavy atom. The number of benzene rings is 3. The second kappa shape index (κ2) is 13.4. The Morgan fingerprint density at radius 1 is 1.04 bits per heavy atom. The third-order valence-corrected chi connectivity index (χ3v) is 8.28. The molecule has 0 amide bonds. The molecule has 3 aromatic carbocycles. The van der Waals surface area contributed by atoms with Crippen LogP contribution in [0.4, 0.5) is 10.1 Å². The lowest BCUT2D eigenvalue weighted by Gasteiger charge is -2.30. The maximum Gasteiger partial charge on any atom is 0.261 e. The van der Waals surface area contributed by atoms with E-state index >= 15 is 4.39 Å². The van der Waals surface area contributed by atoms with Crippen molar-refractivity contribution in [3.63, 3.8) is 0 Å². The van der Waals surface area contributed by atoms with Crippen LogP contribution in [0, 0.1) is 11.7 Å². The van der Waals surface area contributed by atoms with Crippen molar-refractivity contribution in [1.82, 2.24) is 0 Å². The fourth-order valence-corrected chi connectivity index (χ4v) is 5.56. The van der Waals surface area contributed by atoms with Gasteiger partial charge >= 0.3 is 0 Å². The van der Waals surface area contributed by atoms with Gasteiger partial charge in [-0.1, -0.05) is 73.8 Å². The van der Waals surface area contributed by atoms with E-state index in [0.29, 0.717) is 11.0 Å². The number of rotatable bonds is 8. The minimum absolute atomic E-state index is 0.0251. The molecule has 11 nitrogen and oxygen atoms in total. The van der Waals surface area contributed by atoms with Crippen LogP contribution >= 0.6 is 0 Å². The Balaban J connectivity index is 1.56. The molecule has 13 heteroatoms. The van der Waals surface area contributed by atoms with Crippen molar-refractivity contribution in [3.8, 4) is 5.75 Å². The molecule has 0 spiro atoms. The summed E-state index contributed by atoms with van der Waals surface area (Å²) in [5.41, 5.74) is -0.471. The highest BCUT2D eigenvalue weighted by Crippen LogP contribution is 2.43. The van der Waals surface area contributed by atoms with Gasteiger partial charge in [-0.3, -0.25) is 14.3 Å². The lowest BCUT2D eigenvalue weighted by Crippen LogP contribution is -2.36. The molecule has 0 unspecified atom stereocenters. The topological polar surface area (TPSA) is 161 Å². The number of sulfonamides is 1. The first-order valence-electron chi connectivity index (χ1n) is 13.9. The number of aliphatic hydroxyl groups is 2. The number of anilines is 1. The molecule has 1 aliphatic heterocycles. The number of nitrogens with zero attached hydrogens (tertiary/aromatic N) is 1. The Bertz CT molecular complexity index is 1870. The van der Waals surface area contributed by atoms with Gasteiger partial charge in [0.2, 0.25) is 5.78 Å². The van der Waals surface area contributed by atoms with Crippen LogP contribution in [0.2, 0.25) is 0 Å². The summed E-state index contributed by atoms with van der Waals surface area (Å²) in [4.78, 5) is 32.8. The molecule has 0 fully saturated rings. The Morgan fingerprint density at radius 3 is 2.26 bits per heavy atom. The van der Waals surface area contributed by atoms with Crippen LogP contribution in [-0.2, 0) is 44.0 Å². The average Bonchev–Trinajstić information content (AvgIpc) is 3.05. The van der Waals surface area contributed by atoms with Crippen molar-refractivity contribution >= 4 is 33.2 Å². The molecular formula is C33H29FN2O9S. The van der Waals surface area contributed by atoms with Gasteiger partial charge in [0.05, 0.1) is 16.8 Å². The smallest absolute Gasteiger partial charge is 0.261 e. The Labute approximate surface area is 264 Å². The molecule has 3 aromatic rings. The normalized spacial score (nSPS) is 21.2. The van der Waals surface area contributed by atoms with Gasteiger partial charge in [0.25, 0.3) is 15.9 Å². The number of nitrogens with one attached hydrogen (secondary N) is 1. The van der Waals surface area contributed by atoms with Crippen molar-refractivity contribution in [3.05, 3.63) is 130 Å². The number of carbonyl (C=O) groups excluding carboxylic acids is 2. The summed E-state index contributed by atoms with van der Waals surface area (Å²) < 4.78 is 54.2. The number of Topliss-reactive ketones (excluding diaryl/α,β-unsaturated/α-hetero) is 2. The molecule has 1 aliphatic carbocycles. The van der Waals surface area contributed by atoms with E-state index < -0.39 is 74.2 Å². The summed E-state index contributed by atoms with van der Waals surface area (Å²) in [6.45, 7) is 6.30. The highest BCUT2D eigenvalue weighted by atomic mass is 32.2. The van der Waals surface area contributed by atoms with Gasteiger partial charge in [-0.15, -0.1) is 0 Å². The van der Waals surface area contributed by atoms with Gasteiger partial charge in [-0.05, 0) is 22.7 Å². The van der Waals surface area contributed by atoms with Gasteiger partial charge in [-0.25, -0.2) is 12.8 Å². The molecule has 46 heavy (non-hydrogen) atoms. The van der Waals surface area contributed by atoms with Crippen LogP contribution in [0.15, 0.2) is 107 Å². The monoisotopic (exact) mass is 648 g/mol. The fraction of sp³-hybridized carbons (Fsp3) is 0.182. The van der Waals surface area contributed by atoms with Gasteiger partial charge in [0, 0.05) is 28.5 Å². The molecule has 238 valence electrons. The van der Waals surface area contributed by atoms with Crippen LogP contribution < -0.4 is 9.46 Å². The summed E-state index contributed by atoms with van der Waals surface area (Å²) in [7, 11) is -4.19. The molecule has 0 saturated heterocycles. The van der Waals surface area contributed by atoms with E-state index in [2.05, 4.69) is 23.0 Å². The summed E-state index contributed by atoms with van der Waals surface area (Å²) in [5.74, 6) is -5.88. The maximum atomic E-state index is 15.7. The van der Waals surface area contributed by atoms with Crippen LogP contribution in [0.5, 0.6) is 5.75 Å². The second-order valence-electron chi connectivity index (χ2n) is 10.4. The quantitative estimate of drug-likeness (QED) is 0.299. The standard InChI is InChI=1S/C33H29FN2O9S/c1-3-46(41,42)36-25-15-24(34)23-14-22-18-45-35-33(44-17-21-12-8-5-9-13-21)19(2)28(37)31(40)30(39)26(22)29(38)27(23)32(25)43-16-20-10-6-4-7-11-20/h3-13,15,22,31,36,39-40H,1-2,14,16-18H2/b30-26-,35-33+/t22-,31+/m0/s1. The molecular weight excluding hydrogens is 619 g/mol. The summed E-state index contributed by atoms with van der Waals surface area (Å²) in [6.07, 6.45) is -2.54. The van der Waals surface area contributed by atoms with Gasteiger partial charge in [0.1, 0.15) is 31.4 Å². The first-order chi connectivity index (χ1) is 22.0. The molecule has 0 saturated carbocycles. The van der Waals surface area contributed by atoms with Crippen molar-refractivity contribution in [1.29, 1.82) is 0 Å². The van der Waals surface area contributed by atoms with Crippen molar-refractivity contribution in [2.75, 3.05) is 11.3 Å². The van der Waals surface area contributed by atoms with E-state index in [9.17, 15) is 28.2 Å². The van der Waals surface area contributed by atoms with E-state index in [1.807, 2.05) is 6.07 Å². The van der Waals surface area contributed by atoms with E-state index in [1.165, 1.54) is 0 Å². The molecule has 0 bridgehead atoms. The van der Waals surface area contributed by atoms with Crippen LogP contribution in [0.3, 0.4) is 0 Å². The van der Waals surface area contributed by atoms with E-state index in [4.69, 9.17) is 14.3 Å². The molecule has 2 atom stereocenters. The molecule has 1 heterocycles. The Hall–Kier alpha value is -5.27. The first kappa shape index (κ1) is 32.1. The second-order valence-corrected chi connectivity index (χ2v) is 12.0. The van der Waals surface area contributed by atoms with E-state index in [0.717, 1.165) is 11.6 Å². The van der Waals surface area contributed by atoms with Crippen molar-refractivity contribution in [2.45, 2.75) is 25.7 Å². The average molecular weight is 649 g/mol. The van der Waals surface area contributed by atoms with Crippen molar-refractivity contribution in [2.24, 2.45) is 11.1 Å². The number of oxime groups is 1. The van der Waals surface area contributed by atoms with Crippen LogP contribution in [-0.4, -0.2) is 48.8 Å². The van der Waals surface area contributed by atoms with E-state index in [-0.39, 0.29) is 36.8 Å². The summed E-state index contributed by atoms with van der Waals surface area (Å²) in [6, 6.07) is 18.5. The summed E-state index contributed by atoms with van der Waals surface area (Å²) >= 11 is 0. The number of fused-ring (bicyclic) bond motifs is 2. The zero-order valence-corrected chi connectivity index (χ0v) is 25.1. The third kappa shape index (κ3) is 6.70. The first-order valence-corrected chi connectivity index (χ1v) is 15.5. The maximum absolute atomic E-state index is 15.7. The Kier molecular flexibility index (Phi) is 9.35. The number of carbonyl (C=O) groups is 2. The predicted octanol–water partition coefficient (Wildman–Crippen LogP) is 4.50. The van der Waals surface area contributed by atoms with Crippen molar-refractivity contribution < 1.29 is 46.9 Å². The fourth-order valence-electron chi connectivity index (χ4n) is 5.02. The number of aliphatic hydroxyl groups excluding tert-OH is 2. The number of halogens is 1. The number of ketones is 2. The predicted molar refractivity (Wildman–Crippen MR) is 166 cm³/mol. The number of hydrogen-bond donors (Lipinski definition) is 3. The zero-order chi connectivity index (χ0) is 33.0. The minimum Gasteiger partial charge on any atom is -0.509 e. The molecule has 2 aliphatic rings. The molecule has 0 aromatic heterocycles. The van der Waals surface area contributed by atoms with E-state index in [1.54, 1.807) is 54.6 Å². The molecule has 0 radical (unpaired) electrons. The van der Waals surface area contributed by atoms with Gasteiger partial charge in [-0.2, -0.15) is 0 Å². The lowest BCUT2D eigenvalue weighted by atomic mass is 9.77.